The van der Waals surface area contributed by atoms with Gasteiger partial charge in [-0.1, -0.05) is 18.2 Å². The van der Waals surface area contributed by atoms with Crippen LogP contribution in [-0.2, 0) is 14.8 Å². The Labute approximate surface area is 235 Å². The topological polar surface area (TPSA) is 138 Å². The molecule has 10 nitrogen and oxygen atoms in total. The van der Waals surface area contributed by atoms with Crippen LogP contribution in [-0.4, -0.2) is 79.0 Å². The molecule has 2 aromatic rings. The van der Waals surface area contributed by atoms with Crippen molar-refractivity contribution >= 4 is 27.8 Å². The van der Waals surface area contributed by atoms with Crippen molar-refractivity contribution in [1.29, 1.82) is 0 Å². The van der Waals surface area contributed by atoms with E-state index in [1.807, 2.05) is 6.92 Å². The highest BCUT2D eigenvalue weighted by Gasteiger charge is 2.47. The minimum Gasteiger partial charge on any atom is -0.493 e. The minimum atomic E-state index is -4.87. The van der Waals surface area contributed by atoms with Gasteiger partial charge in [0.15, 0.2) is 0 Å². The first-order chi connectivity index (χ1) is 19.3. The number of nitrogens with one attached hydrogen (secondary N) is 1. The van der Waals surface area contributed by atoms with E-state index in [2.05, 4.69) is 15.0 Å². The second-order valence-electron chi connectivity index (χ2n) is 9.76. The molecular weight excluding hydrogens is 567 g/mol. The fourth-order valence-electron chi connectivity index (χ4n) is 4.48. The average molecular weight is 598 g/mol. The Hall–Kier alpha value is -3.46. The number of alkyl halides is 3. The number of nitrogens with zero attached hydrogens (tertiary/aromatic N) is 2. The van der Waals surface area contributed by atoms with Crippen LogP contribution in [0.15, 0.2) is 52.9 Å². The number of rotatable bonds is 10. The molecule has 1 atom stereocenters. The molecule has 2 aliphatic rings. The Balaban J connectivity index is 1.41. The Bertz CT molecular complexity index is 1440. The van der Waals surface area contributed by atoms with E-state index in [0.29, 0.717) is 11.3 Å². The average Bonchev–Trinajstić information content (AvgIpc) is 3.23. The highest BCUT2D eigenvalue weighted by atomic mass is 32.2. The Morgan fingerprint density at radius 1 is 1.17 bits per heavy atom. The second-order valence-corrected chi connectivity index (χ2v) is 11.6. The summed E-state index contributed by atoms with van der Waals surface area (Å²) in [5.74, 6) is -0.314. The minimum absolute atomic E-state index is 0.0173. The Morgan fingerprint density at radius 3 is 2.59 bits per heavy atom. The van der Waals surface area contributed by atoms with Crippen molar-refractivity contribution in [2.24, 2.45) is 4.99 Å². The number of ether oxygens (including phenoxy) is 2. The molecule has 2 heterocycles. The summed E-state index contributed by atoms with van der Waals surface area (Å²) in [6.07, 6.45) is -3.87. The molecule has 1 amide bonds. The van der Waals surface area contributed by atoms with E-state index in [1.54, 1.807) is 18.2 Å². The van der Waals surface area contributed by atoms with Gasteiger partial charge in [-0.25, -0.2) is 8.42 Å². The number of sulfonamides is 1. The normalized spacial score (nSPS) is 18.4. The molecule has 41 heavy (non-hydrogen) atoms. The molecule has 0 aromatic heterocycles. The van der Waals surface area contributed by atoms with Crippen molar-refractivity contribution in [1.82, 2.24) is 9.62 Å². The lowest BCUT2D eigenvalue weighted by molar-refractivity contribution is -0.274. The highest BCUT2D eigenvalue weighted by molar-refractivity contribution is 7.92. The van der Waals surface area contributed by atoms with Gasteiger partial charge in [0.2, 0.25) is 10.0 Å². The molecule has 1 unspecified atom stereocenters. The predicted octanol–water partition coefficient (Wildman–Crippen LogP) is 2.73. The lowest BCUT2D eigenvalue weighted by atomic mass is 9.89. The number of aliphatic hydroxyl groups is 2. The number of aliphatic imine (C=N–C) groups is 1. The first-order valence-electron chi connectivity index (χ1n) is 12.8. The fourth-order valence-corrected chi connectivity index (χ4v) is 5.66. The first kappa shape index (κ1) is 30.5. The fraction of sp³-hybridized carbons (Fsp3) is 0.407. The number of hydrogen-bond donors (Lipinski definition) is 3. The van der Waals surface area contributed by atoms with Gasteiger partial charge >= 0.3 is 6.36 Å². The van der Waals surface area contributed by atoms with E-state index >= 15 is 0 Å². The lowest BCUT2D eigenvalue weighted by Gasteiger charge is -2.34. The summed E-state index contributed by atoms with van der Waals surface area (Å²) in [4.78, 5) is 17.3. The summed E-state index contributed by atoms with van der Waals surface area (Å²) in [5.41, 5.74) is 0.438. The van der Waals surface area contributed by atoms with E-state index in [9.17, 15) is 31.5 Å². The van der Waals surface area contributed by atoms with E-state index in [4.69, 9.17) is 9.84 Å². The number of benzene rings is 2. The van der Waals surface area contributed by atoms with E-state index in [-0.39, 0.29) is 57.0 Å². The maximum atomic E-state index is 13.1. The third-order valence-corrected chi connectivity index (χ3v) is 8.40. The van der Waals surface area contributed by atoms with Crippen LogP contribution < -0.4 is 14.8 Å². The Kier molecular flexibility index (Phi) is 9.07. The van der Waals surface area contributed by atoms with Crippen molar-refractivity contribution in [3.63, 3.8) is 0 Å². The number of amides is 1. The maximum absolute atomic E-state index is 13.1. The summed E-state index contributed by atoms with van der Waals surface area (Å²) in [6, 6.07) is 10.3. The van der Waals surface area contributed by atoms with E-state index in [0.717, 1.165) is 23.1 Å². The zero-order valence-corrected chi connectivity index (χ0v) is 22.9. The molecule has 0 bridgehead atoms. The van der Waals surface area contributed by atoms with Gasteiger partial charge in [-0.05, 0) is 61.2 Å². The quantitative estimate of drug-likeness (QED) is 0.383. The summed E-state index contributed by atoms with van der Waals surface area (Å²) in [7, 11) is -3.85. The number of amidine groups is 1. The van der Waals surface area contributed by atoms with Crippen LogP contribution in [0.3, 0.4) is 0 Å². The monoisotopic (exact) mass is 597 g/mol. The lowest BCUT2D eigenvalue weighted by Crippen LogP contribution is -2.50. The number of carbonyl (C=O) groups is 1. The predicted molar refractivity (Wildman–Crippen MR) is 144 cm³/mol. The van der Waals surface area contributed by atoms with Gasteiger partial charge in [0.05, 0.1) is 19.3 Å². The van der Waals surface area contributed by atoms with Crippen LogP contribution in [0.25, 0.3) is 6.08 Å². The standard InChI is InChI=1S/C27H30F3N3O7S/c1-18-5-6-22(39-13-7-21(35)17-34)15-19(18)8-14-41(37,38)33-11-9-26(10-12-33)25(36)31-24(32-26)20-3-2-4-23(16-20)40-27(28,29)30/h2-6,8,14-16,21,34-35H,7,9-13,17H2,1H3,(H,31,32,36). The zero-order chi connectivity index (χ0) is 29.8. The molecule has 0 aliphatic carbocycles. The molecule has 0 radical (unpaired) electrons. The first-order valence-corrected chi connectivity index (χ1v) is 14.3. The van der Waals surface area contributed by atoms with Crippen LogP contribution >= 0.6 is 0 Å². The maximum Gasteiger partial charge on any atom is 0.573 e. The largest absolute Gasteiger partial charge is 0.573 e. The zero-order valence-electron chi connectivity index (χ0n) is 22.1. The van der Waals surface area contributed by atoms with E-state index < -0.39 is 39.7 Å². The molecule has 3 N–H and O–H groups in total. The number of piperidine rings is 1. The number of aryl methyl sites for hydroxylation is 1. The highest BCUT2D eigenvalue weighted by Crippen LogP contribution is 2.33. The molecule has 4 rings (SSSR count). The van der Waals surface area contributed by atoms with Crippen LogP contribution in [0.1, 0.15) is 36.0 Å². The van der Waals surface area contributed by atoms with Gasteiger partial charge in [0.1, 0.15) is 22.9 Å². The third kappa shape index (κ3) is 7.64. The van der Waals surface area contributed by atoms with E-state index in [1.165, 1.54) is 22.5 Å². The van der Waals surface area contributed by atoms with Gasteiger partial charge < -0.3 is 25.0 Å². The van der Waals surface area contributed by atoms with Crippen molar-refractivity contribution in [3.05, 3.63) is 64.6 Å². The number of aliphatic hydroxyl groups excluding tert-OH is 2. The molecule has 1 saturated heterocycles. The second kappa shape index (κ2) is 12.2. The molecule has 2 aliphatic heterocycles. The van der Waals surface area contributed by atoms with Crippen LogP contribution in [0, 0.1) is 6.92 Å². The Morgan fingerprint density at radius 2 is 1.90 bits per heavy atom. The molecule has 222 valence electrons. The van der Waals surface area contributed by atoms with Crippen molar-refractivity contribution in [2.75, 3.05) is 26.3 Å². The van der Waals surface area contributed by atoms with Crippen molar-refractivity contribution < 1.29 is 46.1 Å². The summed E-state index contributed by atoms with van der Waals surface area (Å²) in [6.45, 7) is 1.65. The van der Waals surface area contributed by atoms with Gasteiger partial charge in [0.25, 0.3) is 5.91 Å². The summed E-state index contributed by atoms with van der Waals surface area (Å²) < 4.78 is 74.7. The van der Waals surface area contributed by atoms with Crippen LogP contribution in [0.5, 0.6) is 11.5 Å². The van der Waals surface area contributed by atoms with Crippen LogP contribution in [0.4, 0.5) is 13.2 Å². The molecule has 14 heteroatoms. The SMILES string of the molecule is Cc1ccc(OCCC(O)CO)cc1C=CS(=O)(=O)N1CCC2(CC1)N=C(c1cccc(OC(F)(F)F)c1)NC2=O. The van der Waals surface area contributed by atoms with Gasteiger partial charge in [-0.3, -0.25) is 9.79 Å². The third-order valence-electron chi connectivity index (χ3n) is 6.83. The van der Waals surface area contributed by atoms with Gasteiger partial charge in [0, 0.05) is 30.5 Å². The van der Waals surface area contributed by atoms with Crippen molar-refractivity contribution in [2.45, 2.75) is 44.2 Å². The van der Waals surface area contributed by atoms with Gasteiger partial charge in [-0.15, -0.1) is 13.2 Å². The molecule has 1 fully saturated rings. The number of hydrogen-bond acceptors (Lipinski definition) is 8. The summed E-state index contributed by atoms with van der Waals surface area (Å²) >= 11 is 0. The smallest absolute Gasteiger partial charge is 0.493 e. The van der Waals surface area contributed by atoms with Crippen LogP contribution in [0.2, 0.25) is 0 Å². The number of carbonyl (C=O) groups excluding carboxylic acids is 1. The summed E-state index contributed by atoms with van der Waals surface area (Å²) in [5, 5.41) is 22.0. The molecule has 2 aromatic carbocycles. The molecular formula is C27H30F3N3O7S. The molecule has 1 spiro atoms. The number of halogens is 3. The molecule has 0 saturated carbocycles. The van der Waals surface area contributed by atoms with Gasteiger partial charge in [-0.2, -0.15) is 4.31 Å². The van der Waals surface area contributed by atoms with Crippen molar-refractivity contribution in [3.8, 4) is 11.5 Å².